The van der Waals surface area contributed by atoms with E-state index in [0.29, 0.717) is 61.7 Å². The minimum Gasteiger partial charge on any atom is -0.487 e. The topological polar surface area (TPSA) is 101 Å². The van der Waals surface area contributed by atoms with Crippen molar-refractivity contribution in [2.24, 2.45) is 24.3 Å². The molecule has 0 unspecified atom stereocenters. The molecule has 4 aliphatic rings. The van der Waals surface area contributed by atoms with E-state index in [0.717, 1.165) is 29.5 Å². The number of aromatic nitrogens is 3. The zero-order chi connectivity index (χ0) is 29.1. The van der Waals surface area contributed by atoms with E-state index in [1.165, 1.54) is 7.05 Å². The highest BCUT2D eigenvalue weighted by molar-refractivity contribution is 6.31. The number of aryl methyl sites for hydroxylation is 1. The molecule has 2 saturated carbocycles. The van der Waals surface area contributed by atoms with Gasteiger partial charge in [0.2, 0.25) is 11.8 Å². The summed E-state index contributed by atoms with van der Waals surface area (Å²) in [6.07, 6.45) is 1.91. The van der Waals surface area contributed by atoms with Gasteiger partial charge < -0.3 is 19.6 Å². The SMILES string of the molecule is C[C@H]1[C@@H](O)CCC[C@H]1C(=O)N1CCc2c(Cl)ccc(OCc3nnn(C)c3C(F)F)c2[C@H]1CN1CC2(CC2)CC1=O. The van der Waals surface area contributed by atoms with Crippen LogP contribution in [0.2, 0.25) is 5.02 Å². The number of aliphatic hydroxyl groups excluding tert-OH is 1. The van der Waals surface area contributed by atoms with Crippen LogP contribution >= 0.6 is 11.6 Å². The van der Waals surface area contributed by atoms with Crippen LogP contribution in [0.15, 0.2) is 12.1 Å². The van der Waals surface area contributed by atoms with Crippen LogP contribution in [0.1, 0.15) is 80.4 Å². The number of alkyl halides is 2. The van der Waals surface area contributed by atoms with Crippen LogP contribution in [0.5, 0.6) is 5.75 Å². The lowest BCUT2D eigenvalue weighted by atomic mass is 9.77. The molecule has 0 bridgehead atoms. The number of hydrogen-bond donors (Lipinski definition) is 1. The smallest absolute Gasteiger partial charge is 0.282 e. The summed E-state index contributed by atoms with van der Waals surface area (Å²) in [5, 5.41) is 18.7. The standard InChI is InChI=1S/C29H36ClF2N5O4/c1-16-17(4-3-5-22(16)38)28(40)37-11-8-18-19(30)6-7-23(41-14-20-26(27(31)32)35(2)34-33-20)25(18)21(37)13-36-15-29(9-10-29)12-24(36)39/h6-7,16-17,21-22,27,38H,3-5,8-15H2,1-2H3/t16-,17-,21-,22+/m1/s1. The molecule has 222 valence electrons. The highest BCUT2D eigenvalue weighted by atomic mass is 35.5. The third kappa shape index (κ3) is 5.20. The number of carbonyl (C=O) groups excluding carboxylic acids is 2. The van der Waals surface area contributed by atoms with Gasteiger partial charge in [0, 0.05) is 49.6 Å². The van der Waals surface area contributed by atoms with Crippen LogP contribution in [0.25, 0.3) is 0 Å². The molecule has 2 aliphatic carbocycles. The Balaban J connectivity index is 1.36. The van der Waals surface area contributed by atoms with Crippen molar-refractivity contribution in [1.29, 1.82) is 0 Å². The summed E-state index contributed by atoms with van der Waals surface area (Å²) < 4.78 is 34.5. The number of rotatable bonds is 7. The summed E-state index contributed by atoms with van der Waals surface area (Å²) in [5.41, 5.74) is 1.30. The van der Waals surface area contributed by atoms with E-state index < -0.39 is 18.6 Å². The molecule has 2 aliphatic heterocycles. The molecule has 41 heavy (non-hydrogen) atoms. The fraction of sp³-hybridized carbons (Fsp3) is 0.655. The Morgan fingerprint density at radius 3 is 2.78 bits per heavy atom. The van der Waals surface area contributed by atoms with Crippen molar-refractivity contribution in [2.75, 3.05) is 19.6 Å². The highest BCUT2D eigenvalue weighted by Crippen LogP contribution is 2.54. The molecule has 4 atom stereocenters. The Morgan fingerprint density at radius 2 is 2.07 bits per heavy atom. The molecular formula is C29H36ClF2N5O4. The normalized spacial score (nSPS) is 27.0. The number of amides is 2. The number of carbonyl (C=O) groups is 2. The van der Waals surface area contributed by atoms with E-state index in [9.17, 15) is 23.5 Å². The molecule has 1 aromatic carbocycles. The monoisotopic (exact) mass is 591 g/mol. The van der Waals surface area contributed by atoms with E-state index in [-0.39, 0.29) is 47.1 Å². The fourth-order valence-corrected chi connectivity index (χ4v) is 7.31. The Labute approximate surface area is 242 Å². The van der Waals surface area contributed by atoms with Gasteiger partial charge in [-0.1, -0.05) is 30.2 Å². The minimum absolute atomic E-state index is 0.0295. The molecule has 3 heterocycles. The van der Waals surface area contributed by atoms with E-state index in [1.54, 1.807) is 12.1 Å². The van der Waals surface area contributed by atoms with E-state index in [1.807, 2.05) is 16.7 Å². The number of benzene rings is 1. The second kappa shape index (κ2) is 10.8. The lowest BCUT2D eigenvalue weighted by Crippen LogP contribution is -2.50. The van der Waals surface area contributed by atoms with E-state index in [4.69, 9.17) is 16.3 Å². The number of halogens is 3. The van der Waals surface area contributed by atoms with Gasteiger partial charge in [-0.2, -0.15) is 0 Å². The lowest BCUT2D eigenvalue weighted by molar-refractivity contribution is -0.145. The largest absolute Gasteiger partial charge is 0.487 e. The number of nitrogens with zero attached hydrogens (tertiary/aromatic N) is 5. The first-order valence-corrected chi connectivity index (χ1v) is 14.8. The van der Waals surface area contributed by atoms with Crippen molar-refractivity contribution in [3.63, 3.8) is 0 Å². The molecule has 2 amide bonds. The summed E-state index contributed by atoms with van der Waals surface area (Å²) >= 11 is 6.69. The quantitative estimate of drug-likeness (QED) is 0.517. The first-order valence-electron chi connectivity index (χ1n) is 14.5. The first kappa shape index (κ1) is 28.3. The number of fused-ring (bicyclic) bond motifs is 1. The third-order valence-electron chi connectivity index (χ3n) is 9.70. The molecule has 12 heteroatoms. The van der Waals surface area contributed by atoms with Crippen LogP contribution in [-0.4, -0.2) is 67.5 Å². The summed E-state index contributed by atoms with van der Waals surface area (Å²) in [6, 6.07) is 2.89. The van der Waals surface area contributed by atoms with Gasteiger partial charge in [-0.05, 0) is 61.1 Å². The Bertz CT molecular complexity index is 1350. The van der Waals surface area contributed by atoms with Crippen LogP contribution in [-0.2, 0) is 29.7 Å². The molecule has 0 radical (unpaired) electrons. The maximum absolute atomic E-state index is 14.2. The van der Waals surface area contributed by atoms with Crippen molar-refractivity contribution in [3.8, 4) is 5.75 Å². The second-order valence-corrected chi connectivity index (χ2v) is 12.7. The zero-order valence-corrected chi connectivity index (χ0v) is 24.1. The lowest BCUT2D eigenvalue weighted by Gasteiger charge is -2.43. The number of ether oxygens (including phenoxy) is 1. The summed E-state index contributed by atoms with van der Waals surface area (Å²) in [7, 11) is 1.41. The van der Waals surface area contributed by atoms with Crippen LogP contribution in [0.3, 0.4) is 0 Å². The third-order valence-corrected chi connectivity index (χ3v) is 10.1. The molecule has 1 spiro atoms. The summed E-state index contributed by atoms with van der Waals surface area (Å²) in [5.74, 6) is -0.0551. The van der Waals surface area contributed by atoms with Gasteiger partial charge in [0.25, 0.3) is 6.43 Å². The predicted octanol–water partition coefficient (Wildman–Crippen LogP) is 4.22. The van der Waals surface area contributed by atoms with Gasteiger partial charge in [-0.25, -0.2) is 13.5 Å². The molecule has 1 N–H and O–H groups in total. The summed E-state index contributed by atoms with van der Waals surface area (Å²) in [4.78, 5) is 30.9. The van der Waals surface area contributed by atoms with Crippen molar-refractivity contribution >= 4 is 23.4 Å². The Morgan fingerprint density at radius 1 is 1.29 bits per heavy atom. The minimum atomic E-state index is -2.77. The summed E-state index contributed by atoms with van der Waals surface area (Å²) in [6.45, 7) is 3.07. The fourth-order valence-electron chi connectivity index (χ4n) is 7.05. The average Bonchev–Trinajstić information content (AvgIpc) is 3.47. The van der Waals surface area contributed by atoms with Gasteiger partial charge in [-0.3, -0.25) is 9.59 Å². The maximum Gasteiger partial charge on any atom is 0.282 e. The molecule has 6 rings (SSSR count). The second-order valence-electron chi connectivity index (χ2n) is 12.3. The highest BCUT2D eigenvalue weighted by Gasteiger charge is 2.52. The predicted molar refractivity (Wildman–Crippen MR) is 145 cm³/mol. The molecule has 1 aromatic heterocycles. The van der Waals surface area contributed by atoms with Crippen molar-refractivity contribution in [1.82, 2.24) is 24.8 Å². The van der Waals surface area contributed by atoms with Crippen molar-refractivity contribution in [3.05, 3.63) is 39.7 Å². The average molecular weight is 592 g/mol. The zero-order valence-electron chi connectivity index (χ0n) is 23.4. The van der Waals surface area contributed by atoms with Crippen LogP contribution < -0.4 is 4.74 Å². The van der Waals surface area contributed by atoms with Crippen molar-refractivity contribution < 1.29 is 28.2 Å². The van der Waals surface area contributed by atoms with Crippen LogP contribution in [0.4, 0.5) is 8.78 Å². The van der Waals surface area contributed by atoms with Gasteiger partial charge in [-0.15, -0.1) is 5.10 Å². The van der Waals surface area contributed by atoms with Gasteiger partial charge >= 0.3 is 0 Å². The Hall–Kier alpha value is -2.79. The number of likely N-dealkylation sites (tertiary alicyclic amines) is 1. The maximum atomic E-state index is 14.2. The van der Waals surface area contributed by atoms with E-state index >= 15 is 0 Å². The number of aliphatic hydroxyl groups is 1. The van der Waals surface area contributed by atoms with Gasteiger partial charge in [0.1, 0.15) is 23.7 Å². The van der Waals surface area contributed by atoms with E-state index in [2.05, 4.69) is 10.3 Å². The molecule has 1 saturated heterocycles. The van der Waals surface area contributed by atoms with Crippen LogP contribution in [0, 0.1) is 17.3 Å². The first-order chi connectivity index (χ1) is 19.6. The van der Waals surface area contributed by atoms with Gasteiger partial charge in [0.05, 0.1) is 12.1 Å². The van der Waals surface area contributed by atoms with Gasteiger partial charge in [0.15, 0.2) is 0 Å². The molecule has 3 fully saturated rings. The Kier molecular flexibility index (Phi) is 7.46. The molecule has 9 nitrogen and oxygen atoms in total. The molecule has 2 aromatic rings. The number of hydrogen-bond acceptors (Lipinski definition) is 6. The molecular weight excluding hydrogens is 556 g/mol. The van der Waals surface area contributed by atoms with Crippen molar-refractivity contribution in [2.45, 2.75) is 77.0 Å².